The number of hydrogen-bond acceptors (Lipinski definition) is 4. The van der Waals surface area contributed by atoms with E-state index in [2.05, 4.69) is 4.90 Å². The molecule has 1 fully saturated rings. The topological polar surface area (TPSA) is 49.9 Å². The van der Waals surface area contributed by atoms with E-state index in [0.29, 0.717) is 24.3 Å². The van der Waals surface area contributed by atoms with Crippen molar-refractivity contribution in [1.82, 2.24) is 4.90 Å². The van der Waals surface area contributed by atoms with Gasteiger partial charge in [-0.15, -0.1) is 0 Å². The third kappa shape index (κ3) is 2.86. The van der Waals surface area contributed by atoms with Crippen LogP contribution in [-0.2, 0) is 4.79 Å². The number of carbonyl (C=O) groups excluding carboxylic acids is 2. The summed E-state index contributed by atoms with van der Waals surface area (Å²) in [5.74, 6) is 0.690. The number of nitrogens with zero attached hydrogens (tertiary/aromatic N) is 2. The van der Waals surface area contributed by atoms with Crippen LogP contribution >= 0.6 is 0 Å². The largest absolute Gasteiger partial charge is 0.478 e. The Hall–Kier alpha value is -1.88. The average molecular weight is 302 g/mol. The van der Waals surface area contributed by atoms with E-state index < -0.39 is 6.10 Å². The van der Waals surface area contributed by atoms with Crippen molar-refractivity contribution in [3.05, 3.63) is 23.8 Å². The molecule has 0 radical (unpaired) electrons. The van der Waals surface area contributed by atoms with Gasteiger partial charge in [0.05, 0.1) is 5.69 Å². The fourth-order valence-corrected chi connectivity index (χ4v) is 3.15. The average Bonchev–Trinajstić information content (AvgIpc) is 3.06. The number of amides is 1. The summed E-state index contributed by atoms with van der Waals surface area (Å²) >= 11 is 0. The van der Waals surface area contributed by atoms with Crippen LogP contribution in [0.25, 0.3) is 0 Å². The number of likely N-dealkylation sites (tertiary alicyclic amines) is 1. The van der Waals surface area contributed by atoms with Crippen LogP contribution in [0.5, 0.6) is 5.75 Å². The van der Waals surface area contributed by atoms with Crippen LogP contribution in [0.4, 0.5) is 5.69 Å². The lowest BCUT2D eigenvalue weighted by Crippen LogP contribution is -2.48. The lowest BCUT2D eigenvalue weighted by atomic mass is 10.1. The van der Waals surface area contributed by atoms with Gasteiger partial charge in [-0.25, -0.2) is 0 Å². The summed E-state index contributed by atoms with van der Waals surface area (Å²) in [5, 5.41) is 0. The zero-order valence-corrected chi connectivity index (χ0v) is 13.0. The first-order chi connectivity index (χ1) is 10.7. The third-order valence-electron chi connectivity index (χ3n) is 4.43. The molecule has 0 aromatic heterocycles. The molecular weight excluding hydrogens is 280 g/mol. The number of fused-ring (bicyclic) bond motifs is 1. The van der Waals surface area contributed by atoms with Gasteiger partial charge >= 0.3 is 0 Å². The summed E-state index contributed by atoms with van der Waals surface area (Å²) in [6, 6.07) is 5.26. The van der Waals surface area contributed by atoms with E-state index in [1.165, 1.54) is 12.8 Å². The van der Waals surface area contributed by atoms with E-state index >= 15 is 0 Å². The highest BCUT2D eigenvalue weighted by atomic mass is 16.5. The van der Waals surface area contributed by atoms with E-state index in [1.807, 2.05) is 6.92 Å². The molecule has 2 heterocycles. The Bertz CT molecular complexity index is 567. The second-order valence-corrected chi connectivity index (χ2v) is 5.90. The lowest BCUT2D eigenvalue weighted by Gasteiger charge is -2.35. The minimum atomic E-state index is -0.423. The summed E-state index contributed by atoms with van der Waals surface area (Å²) in [5.41, 5.74) is 1.29. The lowest BCUT2D eigenvalue weighted by molar-refractivity contribution is -0.126. The molecule has 0 spiro atoms. The monoisotopic (exact) mass is 302 g/mol. The molecule has 0 saturated carbocycles. The van der Waals surface area contributed by atoms with Gasteiger partial charge in [0.2, 0.25) is 0 Å². The molecule has 0 aliphatic carbocycles. The van der Waals surface area contributed by atoms with Crippen LogP contribution in [0.15, 0.2) is 18.2 Å². The van der Waals surface area contributed by atoms with Crippen molar-refractivity contribution in [3.63, 3.8) is 0 Å². The molecule has 1 unspecified atom stereocenters. The molecule has 22 heavy (non-hydrogen) atoms. The highest BCUT2D eigenvalue weighted by Crippen LogP contribution is 2.35. The SMILES string of the molecule is CCC1Oc2ccc(C=O)cc2N(CCN2CCCC2)C1=O. The quantitative estimate of drug-likeness (QED) is 0.782. The van der Waals surface area contributed by atoms with Crippen LogP contribution in [-0.4, -0.2) is 49.4 Å². The van der Waals surface area contributed by atoms with Gasteiger partial charge in [-0.05, 0) is 50.6 Å². The minimum absolute atomic E-state index is 0.00255. The summed E-state index contributed by atoms with van der Waals surface area (Å²) in [6.07, 6.45) is 3.50. The predicted molar refractivity (Wildman–Crippen MR) is 84.6 cm³/mol. The number of hydrogen-bond donors (Lipinski definition) is 0. The van der Waals surface area contributed by atoms with Gasteiger partial charge in [0.25, 0.3) is 5.91 Å². The fraction of sp³-hybridized carbons (Fsp3) is 0.529. The van der Waals surface area contributed by atoms with E-state index in [1.54, 1.807) is 23.1 Å². The van der Waals surface area contributed by atoms with Crippen molar-refractivity contribution >= 4 is 17.9 Å². The van der Waals surface area contributed by atoms with E-state index in [9.17, 15) is 9.59 Å². The zero-order valence-electron chi connectivity index (χ0n) is 13.0. The smallest absolute Gasteiger partial charge is 0.268 e. The van der Waals surface area contributed by atoms with Crippen molar-refractivity contribution in [2.45, 2.75) is 32.3 Å². The first-order valence-electron chi connectivity index (χ1n) is 8.02. The van der Waals surface area contributed by atoms with Crippen molar-refractivity contribution in [3.8, 4) is 5.75 Å². The van der Waals surface area contributed by atoms with Gasteiger partial charge in [0, 0.05) is 18.7 Å². The molecule has 2 aliphatic heterocycles. The molecule has 1 atom stereocenters. The van der Waals surface area contributed by atoms with Crippen molar-refractivity contribution in [2.75, 3.05) is 31.1 Å². The molecule has 0 bridgehead atoms. The van der Waals surface area contributed by atoms with Gasteiger partial charge < -0.3 is 14.5 Å². The molecule has 1 aromatic carbocycles. The summed E-state index contributed by atoms with van der Waals surface area (Å²) in [7, 11) is 0. The van der Waals surface area contributed by atoms with Gasteiger partial charge in [-0.2, -0.15) is 0 Å². The summed E-state index contributed by atoms with van der Waals surface area (Å²) in [4.78, 5) is 27.8. The Morgan fingerprint density at radius 2 is 2.05 bits per heavy atom. The molecule has 3 rings (SSSR count). The number of anilines is 1. The van der Waals surface area contributed by atoms with Gasteiger partial charge in [-0.3, -0.25) is 9.59 Å². The number of aldehydes is 1. The van der Waals surface area contributed by atoms with Crippen molar-refractivity contribution < 1.29 is 14.3 Å². The Kier molecular flexibility index (Phi) is 4.43. The first-order valence-corrected chi connectivity index (χ1v) is 8.02. The summed E-state index contributed by atoms with van der Waals surface area (Å²) in [6.45, 7) is 5.68. The Balaban J connectivity index is 1.84. The molecule has 118 valence electrons. The highest BCUT2D eigenvalue weighted by Gasteiger charge is 2.33. The van der Waals surface area contributed by atoms with Crippen molar-refractivity contribution in [2.24, 2.45) is 0 Å². The molecule has 2 aliphatic rings. The van der Waals surface area contributed by atoms with Gasteiger partial charge in [-0.1, -0.05) is 6.92 Å². The Labute approximate surface area is 130 Å². The second-order valence-electron chi connectivity index (χ2n) is 5.90. The molecule has 0 N–H and O–H groups in total. The Morgan fingerprint density at radius 1 is 1.27 bits per heavy atom. The maximum Gasteiger partial charge on any atom is 0.268 e. The molecule has 1 saturated heterocycles. The molecule has 5 nitrogen and oxygen atoms in total. The number of benzene rings is 1. The van der Waals surface area contributed by atoms with Crippen LogP contribution < -0.4 is 9.64 Å². The van der Waals surface area contributed by atoms with Gasteiger partial charge in [0.15, 0.2) is 6.10 Å². The zero-order chi connectivity index (χ0) is 15.5. The predicted octanol–water partition coefficient (Wildman–Crippen LogP) is 2.10. The number of ether oxygens (including phenoxy) is 1. The van der Waals surface area contributed by atoms with Crippen LogP contribution in [0.2, 0.25) is 0 Å². The highest BCUT2D eigenvalue weighted by molar-refractivity contribution is 6.00. The second kappa shape index (κ2) is 6.48. The van der Waals surface area contributed by atoms with E-state index in [4.69, 9.17) is 4.74 Å². The molecule has 1 amide bonds. The maximum absolute atomic E-state index is 12.6. The number of rotatable bonds is 5. The third-order valence-corrected chi connectivity index (χ3v) is 4.43. The summed E-state index contributed by atoms with van der Waals surface area (Å²) < 4.78 is 5.77. The van der Waals surface area contributed by atoms with Crippen LogP contribution in [0, 0.1) is 0 Å². The molecular formula is C17H22N2O3. The number of carbonyl (C=O) groups is 2. The fourth-order valence-electron chi connectivity index (χ4n) is 3.15. The Morgan fingerprint density at radius 3 is 2.73 bits per heavy atom. The normalized spacial score (nSPS) is 21.6. The maximum atomic E-state index is 12.6. The van der Waals surface area contributed by atoms with E-state index in [0.717, 1.165) is 31.6 Å². The standard InChI is InChI=1S/C17H22N2O3/c1-2-15-17(21)19(10-9-18-7-3-4-8-18)14-11-13(12-20)5-6-16(14)22-15/h5-6,11-12,15H,2-4,7-10H2,1H3. The van der Waals surface area contributed by atoms with Gasteiger partial charge in [0.1, 0.15) is 12.0 Å². The molecule has 5 heteroatoms. The van der Waals surface area contributed by atoms with E-state index in [-0.39, 0.29) is 5.91 Å². The van der Waals surface area contributed by atoms with Crippen LogP contribution in [0.1, 0.15) is 36.5 Å². The molecule has 1 aromatic rings. The first kappa shape index (κ1) is 15.0. The van der Waals surface area contributed by atoms with Crippen molar-refractivity contribution in [1.29, 1.82) is 0 Å². The van der Waals surface area contributed by atoms with Crippen LogP contribution in [0.3, 0.4) is 0 Å². The minimum Gasteiger partial charge on any atom is -0.478 e.